The van der Waals surface area contributed by atoms with E-state index in [1.807, 2.05) is 0 Å². The summed E-state index contributed by atoms with van der Waals surface area (Å²) in [5, 5.41) is 0.242. The summed E-state index contributed by atoms with van der Waals surface area (Å²) in [7, 11) is -1.80. The van der Waals surface area contributed by atoms with Crippen LogP contribution in [0.15, 0.2) is 0 Å². The van der Waals surface area contributed by atoms with Gasteiger partial charge in [-0.3, -0.25) is 4.79 Å². The number of fused-ring (bicyclic) bond motifs is 4. The summed E-state index contributed by atoms with van der Waals surface area (Å²) >= 11 is 0. The number of ether oxygens (including phenoxy) is 1. The largest absolute Gasteiger partial charge is 0.416 e. The lowest BCUT2D eigenvalue weighted by atomic mass is 9.44. The van der Waals surface area contributed by atoms with Gasteiger partial charge in [0.25, 0.3) is 0 Å². The van der Waals surface area contributed by atoms with Gasteiger partial charge in [-0.25, -0.2) is 0 Å². The summed E-state index contributed by atoms with van der Waals surface area (Å²) in [6, 6.07) is 0. The van der Waals surface area contributed by atoms with E-state index in [1.165, 1.54) is 38.5 Å². The van der Waals surface area contributed by atoms with Crippen molar-refractivity contribution in [2.24, 2.45) is 28.6 Å². The van der Waals surface area contributed by atoms with Crippen LogP contribution < -0.4 is 0 Å². The minimum atomic E-state index is -1.80. The van der Waals surface area contributed by atoms with E-state index in [0.717, 1.165) is 25.9 Å². The normalized spacial score (nSPS) is 49.1. The minimum absolute atomic E-state index is 0.0361. The van der Waals surface area contributed by atoms with Gasteiger partial charge in [0.1, 0.15) is 11.4 Å². The van der Waals surface area contributed by atoms with Crippen LogP contribution >= 0.6 is 0 Å². The van der Waals surface area contributed by atoms with Crippen LogP contribution in [0.4, 0.5) is 0 Å². The molecule has 0 aromatic rings. The first-order valence-electron chi connectivity index (χ1n) is 12.3. The smallest absolute Gasteiger partial charge is 0.192 e. The average molecular weight is 419 g/mol. The van der Waals surface area contributed by atoms with Crippen molar-refractivity contribution in [1.82, 2.24) is 0 Å². The average Bonchev–Trinajstić information content (AvgIpc) is 3.29. The summed E-state index contributed by atoms with van der Waals surface area (Å²) < 4.78 is 13.6. The van der Waals surface area contributed by atoms with Crippen molar-refractivity contribution < 1.29 is 14.0 Å². The van der Waals surface area contributed by atoms with Crippen molar-refractivity contribution in [2.45, 2.75) is 115 Å². The summed E-state index contributed by atoms with van der Waals surface area (Å²) in [5.41, 5.74) is 0.262. The highest BCUT2D eigenvalue weighted by Crippen LogP contribution is 2.72. The van der Waals surface area contributed by atoms with Crippen LogP contribution in [0.1, 0.15) is 85.5 Å². The maximum Gasteiger partial charge on any atom is 0.192 e. The van der Waals surface area contributed by atoms with Crippen LogP contribution in [0.5, 0.6) is 0 Å². The first kappa shape index (κ1) is 20.7. The summed E-state index contributed by atoms with van der Waals surface area (Å²) in [6.07, 6.45) is 11.0. The third kappa shape index (κ3) is 2.64. The number of hydrogen-bond donors (Lipinski definition) is 0. The Kier molecular flexibility index (Phi) is 4.42. The van der Waals surface area contributed by atoms with Crippen LogP contribution in [-0.4, -0.2) is 32.4 Å². The fourth-order valence-electron chi connectivity index (χ4n) is 8.09. The predicted molar refractivity (Wildman–Crippen MR) is 118 cm³/mol. The molecule has 4 saturated carbocycles. The van der Waals surface area contributed by atoms with Crippen LogP contribution in [-0.2, 0) is 14.0 Å². The Labute approximate surface area is 178 Å². The molecule has 7 atom stereocenters. The van der Waals surface area contributed by atoms with Crippen LogP contribution in [0.25, 0.3) is 0 Å². The molecule has 3 nitrogen and oxygen atoms in total. The van der Waals surface area contributed by atoms with E-state index in [1.54, 1.807) is 0 Å². The lowest BCUT2D eigenvalue weighted by Crippen LogP contribution is -2.61. The molecule has 0 N–H and O–H groups in total. The van der Waals surface area contributed by atoms with Gasteiger partial charge in [0.2, 0.25) is 0 Å². The van der Waals surface area contributed by atoms with Gasteiger partial charge in [-0.2, -0.15) is 0 Å². The second-order valence-corrected chi connectivity index (χ2v) is 17.7. The zero-order valence-corrected chi connectivity index (χ0v) is 20.6. The van der Waals surface area contributed by atoms with Gasteiger partial charge < -0.3 is 9.16 Å². The Morgan fingerprint density at radius 2 is 1.83 bits per heavy atom. The lowest BCUT2D eigenvalue weighted by molar-refractivity contribution is -0.147. The standard InChI is InChI=1S/C25H42O3Si/c1-22(2,3)29(5,6)27-16-24-13-7-8-21-25(24,28-21)15-11-17-18-9-10-20(26)23(18,4)14-12-19(17)24/h17-19,21H,7-16H2,1-6H3/t17-,18-,19-,21+,23-,24-,25+/m0/s1. The van der Waals surface area contributed by atoms with Gasteiger partial charge in [0, 0.05) is 23.9 Å². The van der Waals surface area contributed by atoms with Gasteiger partial charge in [-0.1, -0.05) is 27.7 Å². The molecule has 5 aliphatic rings. The highest BCUT2D eigenvalue weighted by Gasteiger charge is 2.76. The summed E-state index contributed by atoms with van der Waals surface area (Å²) in [4.78, 5) is 12.8. The Morgan fingerprint density at radius 3 is 2.55 bits per heavy atom. The van der Waals surface area contributed by atoms with E-state index in [4.69, 9.17) is 9.16 Å². The maximum atomic E-state index is 12.8. The zero-order valence-electron chi connectivity index (χ0n) is 19.6. The molecule has 0 amide bonds. The van der Waals surface area contributed by atoms with Gasteiger partial charge in [-0.15, -0.1) is 0 Å². The molecular formula is C25H42O3Si. The van der Waals surface area contributed by atoms with Crippen molar-refractivity contribution >= 4 is 14.1 Å². The highest BCUT2D eigenvalue weighted by atomic mass is 28.4. The molecule has 0 unspecified atom stereocenters. The van der Waals surface area contributed by atoms with Crippen molar-refractivity contribution in [3.8, 4) is 0 Å². The lowest BCUT2D eigenvalue weighted by Gasteiger charge is -2.60. The maximum absolute atomic E-state index is 12.8. The predicted octanol–water partition coefficient (Wildman–Crippen LogP) is 6.12. The van der Waals surface area contributed by atoms with E-state index >= 15 is 0 Å². The molecule has 0 bridgehead atoms. The molecular weight excluding hydrogens is 376 g/mol. The van der Waals surface area contributed by atoms with Crippen molar-refractivity contribution in [3.05, 3.63) is 0 Å². The number of hydrogen-bond acceptors (Lipinski definition) is 3. The molecule has 1 heterocycles. The molecule has 5 rings (SSSR count). The Bertz CT molecular complexity index is 711. The number of rotatable bonds is 3. The SMILES string of the molecule is CC(C)(C)[Si](C)(C)OC[C@]12CCC[C@H]3O[C@]31CC[C@@H]1[C@@H]2CC[C@]2(C)C(=O)CC[C@@H]12. The first-order valence-corrected chi connectivity index (χ1v) is 15.2. The van der Waals surface area contributed by atoms with Crippen LogP contribution in [0, 0.1) is 28.6 Å². The van der Waals surface area contributed by atoms with Crippen LogP contribution in [0.3, 0.4) is 0 Å². The Hall–Kier alpha value is -0.193. The van der Waals surface area contributed by atoms with Crippen molar-refractivity contribution in [3.63, 3.8) is 0 Å². The molecule has 4 heteroatoms. The van der Waals surface area contributed by atoms with Gasteiger partial charge in [0.15, 0.2) is 8.32 Å². The van der Waals surface area contributed by atoms with E-state index in [0.29, 0.717) is 29.6 Å². The topological polar surface area (TPSA) is 38.8 Å². The first-order chi connectivity index (χ1) is 13.5. The number of Topliss-reactive ketones (excluding diaryl/α,β-unsaturated/α-hetero) is 1. The molecule has 1 aliphatic heterocycles. The summed E-state index contributed by atoms with van der Waals surface area (Å²) in [6.45, 7) is 15.1. The molecule has 1 spiro atoms. The molecule has 0 radical (unpaired) electrons. The Morgan fingerprint density at radius 1 is 1.07 bits per heavy atom. The zero-order chi connectivity index (χ0) is 20.9. The minimum Gasteiger partial charge on any atom is -0.416 e. The fraction of sp³-hybridized carbons (Fsp3) is 0.960. The van der Waals surface area contributed by atoms with E-state index in [9.17, 15) is 4.79 Å². The van der Waals surface area contributed by atoms with Crippen molar-refractivity contribution in [1.29, 1.82) is 0 Å². The van der Waals surface area contributed by atoms with E-state index in [-0.39, 0.29) is 21.5 Å². The fourth-order valence-corrected chi connectivity index (χ4v) is 9.14. The molecule has 0 aromatic heterocycles. The second-order valence-electron chi connectivity index (χ2n) is 12.9. The monoisotopic (exact) mass is 418 g/mol. The number of ketones is 1. The molecule has 0 aromatic carbocycles. The van der Waals surface area contributed by atoms with Gasteiger partial charge >= 0.3 is 0 Å². The number of carbonyl (C=O) groups is 1. The number of epoxide rings is 1. The van der Waals surface area contributed by atoms with Crippen LogP contribution in [0.2, 0.25) is 18.1 Å². The third-order valence-electron chi connectivity index (χ3n) is 10.9. The third-order valence-corrected chi connectivity index (χ3v) is 15.4. The van der Waals surface area contributed by atoms with Gasteiger partial charge in [0.05, 0.1) is 6.10 Å². The van der Waals surface area contributed by atoms with E-state index in [2.05, 4.69) is 40.8 Å². The van der Waals surface area contributed by atoms with Crippen molar-refractivity contribution in [2.75, 3.05) is 6.61 Å². The molecule has 164 valence electrons. The molecule has 5 fully saturated rings. The number of carbonyl (C=O) groups excluding carboxylic acids is 1. The summed E-state index contributed by atoms with van der Waals surface area (Å²) in [5.74, 6) is 2.55. The molecule has 4 aliphatic carbocycles. The highest BCUT2D eigenvalue weighted by molar-refractivity contribution is 6.74. The molecule has 29 heavy (non-hydrogen) atoms. The molecule has 1 saturated heterocycles. The quantitative estimate of drug-likeness (QED) is 0.409. The van der Waals surface area contributed by atoms with Gasteiger partial charge in [-0.05, 0) is 87.3 Å². The Balaban J connectivity index is 1.48. The second kappa shape index (κ2) is 6.19. The van der Waals surface area contributed by atoms with E-state index < -0.39 is 8.32 Å².